The molecule has 0 fully saturated rings. The first-order valence-corrected chi connectivity index (χ1v) is 8.72. The van der Waals surface area contributed by atoms with Crippen LogP contribution in [0, 0.1) is 0 Å². The number of ether oxygens (including phenoxy) is 3. The van der Waals surface area contributed by atoms with E-state index < -0.39 is 0 Å². The molecule has 2 aromatic carbocycles. The fraction of sp³-hybridized carbons (Fsp3) is 0.429. The largest absolute Gasteiger partial charge is 0.468 e. The van der Waals surface area contributed by atoms with Gasteiger partial charge in [-0.1, -0.05) is 62.6 Å². The van der Waals surface area contributed by atoms with Crippen LogP contribution in [0.4, 0.5) is 0 Å². The molecule has 2 aromatic rings. The zero-order valence-electron chi connectivity index (χ0n) is 14.8. The highest BCUT2D eigenvalue weighted by molar-refractivity contribution is 5.64. The summed E-state index contributed by atoms with van der Waals surface area (Å²) in [6.07, 6.45) is 4.98. The Hall–Kier alpha value is -1.84. The maximum absolute atomic E-state index is 5.74. The number of rotatable bonds is 11. The van der Waals surface area contributed by atoms with Crippen molar-refractivity contribution in [2.24, 2.45) is 0 Å². The summed E-state index contributed by atoms with van der Waals surface area (Å²) in [6, 6.07) is 16.6. The molecular formula is C21H28O3. The number of methoxy groups -OCH3 is 1. The van der Waals surface area contributed by atoms with Gasteiger partial charge in [0.15, 0.2) is 6.79 Å². The lowest BCUT2D eigenvalue weighted by atomic mass is 10.0. The van der Waals surface area contributed by atoms with E-state index in [1.54, 1.807) is 7.11 Å². The summed E-state index contributed by atoms with van der Waals surface area (Å²) < 4.78 is 16.0. The molecule has 3 nitrogen and oxygen atoms in total. The van der Waals surface area contributed by atoms with Crippen molar-refractivity contribution in [3.63, 3.8) is 0 Å². The monoisotopic (exact) mass is 328 g/mol. The summed E-state index contributed by atoms with van der Waals surface area (Å²) in [5.74, 6) is 0.814. The molecule has 0 radical (unpaired) electrons. The third kappa shape index (κ3) is 6.34. The molecule has 0 saturated carbocycles. The van der Waals surface area contributed by atoms with Crippen LogP contribution in [0.2, 0.25) is 0 Å². The van der Waals surface area contributed by atoms with E-state index >= 15 is 0 Å². The standard InChI is InChI=1S/C21H28O3/c1-3-4-5-6-15-23-16-18-7-9-19(10-8-18)20-11-13-21(14-12-20)24-17-22-2/h7-14H,3-6,15-17H2,1-2H3. The molecular weight excluding hydrogens is 300 g/mol. The predicted octanol–water partition coefficient (Wildman–Crippen LogP) is 5.43. The van der Waals surface area contributed by atoms with Crippen molar-refractivity contribution in [2.45, 2.75) is 39.2 Å². The fourth-order valence-corrected chi connectivity index (χ4v) is 2.48. The highest BCUT2D eigenvalue weighted by atomic mass is 16.7. The molecule has 0 unspecified atom stereocenters. The van der Waals surface area contributed by atoms with E-state index in [0.29, 0.717) is 6.61 Å². The Labute approximate surface area is 145 Å². The number of hydrogen-bond acceptors (Lipinski definition) is 3. The minimum Gasteiger partial charge on any atom is -0.468 e. The Balaban J connectivity index is 1.80. The van der Waals surface area contributed by atoms with E-state index in [1.807, 2.05) is 12.1 Å². The van der Waals surface area contributed by atoms with Gasteiger partial charge in [0.05, 0.1) is 6.61 Å². The lowest BCUT2D eigenvalue weighted by Crippen LogP contribution is -1.98. The van der Waals surface area contributed by atoms with Crippen LogP contribution in [-0.2, 0) is 16.1 Å². The Morgan fingerprint density at radius 2 is 1.46 bits per heavy atom. The minimum absolute atomic E-state index is 0.270. The second-order valence-corrected chi connectivity index (χ2v) is 5.89. The van der Waals surface area contributed by atoms with E-state index in [2.05, 4.69) is 43.3 Å². The van der Waals surface area contributed by atoms with Gasteiger partial charge in [0.1, 0.15) is 5.75 Å². The number of hydrogen-bond donors (Lipinski definition) is 0. The van der Waals surface area contributed by atoms with Crippen LogP contribution in [0.25, 0.3) is 11.1 Å². The summed E-state index contributed by atoms with van der Waals surface area (Å²) in [5.41, 5.74) is 3.58. The summed E-state index contributed by atoms with van der Waals surface area (Å²) in [4.78, 5) is 0. The quantitative estimate of drug-likeness (QED) is 0.406. The molecule has 0 aromatic heterocycles. The summed E-state index contributed by atoms with van der Waals surface area (Å²) in [6.45, 7) is 4.04. The maximum atomic E-state index is 5.74. The fourth-order valence-electron chi connectivity index (χ4n) is 2.48. The van der Waals surface area contributed by atoms with Crippen LogP contribution in [-0.4, -0.2) is 20.5 Å². The van der Waals surface area contributed by atoms with Gasteiger partial charge in [-0.25, -0.2) is 0 Å². The van der Waals surface area contributed by atoms with Gasteiger partial charge in [-0.05, 0) is 35.2 Å². The van der Waals surface area contributed by atoms with Crippen LogP contribution in [0.1, 0.15) is 38.2 Å². The van der Waals surface area contributed by atoms with Crippen molar-refractivity contribution in [1.29, 1.82) is 0 Å². The second-order valence-electron chi connectivity index (χ2n) is 5.89. The molecule has 0 heterocycles. The van der Waals surface area contributed by atoms with Crippen molar-refractivity contribution in [1.82, 2.24) is 0 Å². The molecule has 0 aliphatic rings. The predicted molar refractivity (Wildman–Crippen MR) is 98.2 cm³/mol. The van der Waals surface area contributed by atoms with E-state index in [-0.39, 0.29) is 6.79 Å². The van der Waals surface area contributed by atoms with E-state index in [9.17, 15) is 0 Å². The molecule has 2 rings (SSSR count). The van der Waals surface area contributed by atoms with Gasteiger partial charge in [-0.2, -0.15) is 0 Å². The first kappa shape index (κ1) is 18.5. The zero-order valence-corrected chi connectivity index (χ0v) is 14.8. The maximum Gasteiger partial charge on any atom is 0.188 e. The molecule has 0 spiro atoms. The van der Waals surface area contributed by atoms with Gasteiger partial charge in [0, 0.05) is 13.7 Å². The molecule has 0 atom stereocenters. The average Bonchev–Trinajstić information content (AvgIpc) is 2.64. The van der Waals surface area contributed by atoms with Gasteiger partial charge < -0.3 is 14.2 Å². The third-order valence-electron chi connectivity index (χ3n) is 3.90. The summed E-state index contributed by atoms with van der Waals surface area (Å²) in [7, 11) is 1.62. The molecule has 0 bridgehead atoms. The van der Waals surface area contributed by atoms with Gasteiger partial charge in [-0.3, -0.25) is 0 Å². The van der Waals surface area contributed by atoms with Crippen molar-refractivity contribution >= 4 is 0 Å². The molecule has 3 heteroatoms. The lowest BCUT2D eigenvalue weighted by Gasteiger charge is -2.08. The van der Waals surface area contributed by atoms with Gasteiger partial charge in [0.2, 0.25) is 0 Å². The Bertz CT molecular complexity index is 561. The average molecular weight is 328 g/mol. The Morgan fingerprint density at radius 1 is 0.792 bits per heavy atom. The van der Waals surface area contributed by atoms with Gasteiger partial charge in [-0.15, -0.1) is 0 Å². The summed E-state index contributed by atoms with van der Waals surface area (Å²) in [5, 5.41) is 0. The van der Waals surface area contributed by atoms with Crippen molar-refractivity contribution in [2.75, 3.05) is 20.5 Å². The van der Waals surface area contributed by atoms with Crippen molar-refractivity contribution in [3.8, 4) is 16.9 Å². The molecule has 0 amide bonds. The van der Waals surface area contributed by atoms with Gasteiger partial charge >= 0.3 is 0 Å². The highest BCUT2D eigenvalue weighted by Crippen LogP contribution is 2.23. The first-order valence-electron chi connectivity index (χ1n) is 8.72. The van der Waals surface area contributed by atoms with E-state index in [0.717, 1.165) is 18.8 Å². The van der Waals surface area contributed by atoms with E-state index in [4.69, 9.17) is 14.2 Å². The highest BCUT2D eigenvalue weighted by Gasteiger charge is 2.00. The second kappa shape index (κ2) is 10.8. The van der Waals surface area contributed by atoms with Crippen LogP contribution in [0.5, 0.6) is 5.75 Å². The molecule has 0 N–H and O–H groups in total. The van der Waals surface area contributed by atoms with Crippen molar-refractivity contribution < 1.29 is 14.2 Å². The normalized spacial score (nSPS) is 10.8. The van der Waals surface area contributed by atoms with Crippen LogP contribution < -0.4 is 4.74 Å². The number of benzene rings is 2. The topological polar surface area (TPSA) is 27.7 Å². The molecule has 0 aliphatic carbocycles. The van der Waals surface area contributed by atoms with E-state index in [1.165, 1.54) is 36.0 Å². The Morgan fingerprint density at radius 3 is 2.08 bits per heavy atom. The first-order chi connectivity index (χ1) is 11.8. The number of unbranched alkanes of at least 4 members (excludes halogenated alkanes) is 3. The molecule has 130 valence electrons. The lowest BCUT2D eigenvalue weighted by molar-refractivity contribution is 0.0511. The smallest absolute Gasteiger partial charge is 0.188 e. The zero-order chi connectivity index (χ0) is 17.0. The van der Waals surface area contributed by atoms with Crippen LogP contribution in [0.15, 0.2) is 48.5 Å². The SMILES string of the molecule is CCCCCCOCc1ccc(-c2ccc(OCOC)cc2)cc1. The van der Waals surface area contributed by atoms with Crippen LogP contribution in [0.3, 0.4) is 0 Å². The minimum atomic E-state index is 0.270. The molecule has 0 aliphatic heterocycles. The third-order valence-corrected chi connectivity index (χ3v) is 3.90. The molecule has 24 heavy (non-hydrogen) atoms. The van der Waals surface area contributed by atoms with Gasteiger partial charge in [0.25, 0.3) is 0 Å². The Kier molecular flexibility index (Phi) is 8.36. The molecule has 0 saturated heterocycles. The summed E-state index contributed by atoms with van der Waals surface area (Å²) >= 11 is 0. The van der Waals surface area contributed by atoms with Crippen LogP contribution >= 0.6 is 0 Å². The van der Waals surface area contributed by atoms with Crippen molar-refractivity contribution in [3.05, 3.63) is 54.1 Å².